The van der Waals surface area contributed by atoms with Crippen LogP contribution >= 0.6 is 0 Å². The second kappa shape index (κ2) is 8.66. The lowest BCUT2D eigenvalue weighted by Gasteiger charge is -2.25. The van der Waals surface area contributed by atoms with E-state index < -0.39 is 6.61 Å². The second-order valence-electron chi connectivity index (χ2n) is 6.24. The summed E-state index contributed by atoms with van der Waals surface area (Å²) < 4.78 is 35.0. The van der Waals surface area contributed by atoms with Gasteiger partial charge < -0.3 is 14.8 Å². The maximum absolute atomic E-state index is 12.7. The summed E-state index contributed by atoms with van der Waals surface area (Å²) in [4.78, 5) is 12.4. The number of rotatable bonds is 6. The van der Waals surface area contributed by atoms with Crippen LogP contribution in [0.25, 0.3) is 6.08 Å². The molecule has 0 aliphatic heterocycles. The van der Waals surface area contributed by atoms with E-state index >= 15 is 0 Å². The average Bonchev–Trinajstić information content (AvgIpc) is 2.67. The molecular weight excluding hydrogens is 352 g/mol. The van der Waals surface area contributed by atoms with E-state index in [9.17, 15) is 13.6 Å². The van der Waals surface area contributed by atoms with Gasteiger partial charge in [-0.3, -0.25) is 4.79 Å². The molecule has 1 amide bonds. The van der Waals surface area contributed by atoms with Crippen LogP contribution in [0.5, 0.6) is 11.5 Å². The Morgan fingerprint density at radius 1 is 1.22 bits per heavy atom. The number of halogens is 2. The molecule has 6 heteroatoms. The summed E-state index contributed by atoms with van der Waals surface area (Å²) in [6.45, 7) is -2.99. The Bertz CT molecular complexity index is 836. The molecule has 0 saturated carbocycles. The lowest BCUT2D eigenvalue weighted by molar-refractivity contribution is -0.117. The SMILES string of the molecule is COc1cccc(/C=C/C(=O)N[C@@H]2CCCc3ccccc32)c1OC(F)F. The molecule has 0 aromatic heterocycles. The highest BCUT2D eigenvalue weighted by molar-refractivity contribution is 5.92. The summed E-state index contributed by atoms with van der Waals surface area (Å²) in [6.07, 6.45) is 5.66. The van der Waals surface area contributed by atoms with Crippen molar-refractivity contribution in [1.29, 1.82) is 0 Å². The molecule has 4 nitrogen and oxygen atoms in total. The van der Waals surface area contributed by atoms with Gasteiger partial charge in [-0.25, -0.2) is 0 Å². The van der Waals surface area contributed by atoms with Crippen LogP contribution < -0.4 is 14.8 Å². The van der Waals surface area contributed by atoms with Gasteiger partial charge in [0, 0.05) is 11.6 Å². The summed E-state index contributed by atoms with van der Waals surface area (Å²) >= 11 is 0. The number of hydrogen-bond donors (Lipinski definition) is 1. The van der Waals surface area contributed by atoms with Crippen LogP contribution in [0, 0.1) is 0 Å². The third-order valence-electron chi connectivity index (χ3n) is 4.54. The van der Waals surface area contributed by atoms with E-state index in [2.05, 4.69) is 16.1 Å². The highest BCUT2D eigenvalue weighted by Crippen LogP contribution is 2.33. The fourth-order valence-electron chi connectivity index (χ4n) is 3.33. The Labute approximate surface area is 156 Å². The van der Waals surface area contributed by atoms with Gasteiger partial charge in [-0.1, -0.05) is 36.4 Å². The minimum absolute atomic E-state index is 0.0470. The van der Waals surface area contributed by atoms with Crippen LogP contribution in [-0.4, -0.2) is 19.6 Å². The first-order valence-corrected chi connectivity index (χ1v) is 8.76. The molecule has 1 aliphatic rings. The van der Waals surface area contributed by atoms with Crippen molar-refractivity contribution in [3.63, 3.8) is 0 Å². The summed E-state index contributed by atoms with van der Waals surface area (Å²) in [6, 6.07) is 12.8. The number of fused-ring (bicyclic) bond motifs is 1. The van der Waals surface area contributed by atoms with Crippen LogP contribution in [0.2, 0.25) is 0 Å². The molecule has 3 rings (SSSR count). The molecule has 2 aromatic rings. The van der Waals surface area contributed by atoms with Gasteiger partial charge in [0.2, 0.25) is 5.91 Å². The maximum Gasteiger partial charge on any atom is 0.387 e. The molecule has 0 bridgehead atoms. The quantitative estimate of drug-likeness (QED) is 0.758. The molecular formula is C21H21F2NO3. The van der Waals surface area contributed by atoms with Crippen molar-refractivity contribution in [2.45, 2.75) is 31.9 Å². The first kappa shape index (κ1) is 18.9. The lowest BCUT2D eigenvalue weighted by atomic mass is 9.88. The lowest BCUT2D eigenvalue weighted by Crippen LogP contribution is -2.29. The smallest absolute Gasteiger partial charge is 0.387 e. The van der Waals surface area contributed by atoms with Gasteiger partial charge in [-0.05, 0) is 42.5 Å². The number of carbonyl (C=O) groups is 1. The number of aryl methyl sites for hydroxylation is 1. The van der Waals surface area contributed by atoms with Gasteiger partial charge in [0.25, 0.3) is 0 Å². The average molecular weight is 373 g/mol. The Morgan fingerprint density at radius 3 is 2.81 bits per heavy atom. The third-order valence-corrected chi connectivity index (χ3v) is 4.54. The largest absolute Gasteiger partial charge is 0.493 e. The molecule has 2 aromatic carbocycles. The van der Waals surface area contributed by atoms with Gasteiger partial charge >= 0.3 is 6.61 Å². The summed E-state index contributed by atoms with van der Waals surface area (Å²) in [5, 5.41) is 2.99. The number of hydrogen-bond acceptors (Lipinski definition) is 3. The van der Waals surface area contributed by atoms with Crippen molar-refractivity contribution in [1.82, 2.24) is 5.32 Å². The second-order valence-corrected chi connectivity index (χ2v) is 6.24. The number of amides is 1. The van der Waals surface area contributed by atoms with Crippen molar-refractivity contribution >= 4 is 12.0 Å². The fraction of sp³-hybridized carbons (Fsp3) is 0.286. The number of carbonyl (C=O) groups excluding carboxylic acids is 1. The van der Waals surface area contributed by atoms with Crippen LogP contribution in [0.1, 0.15) is 35.6 Å². The number of benzene rings is 2. The van der Waals surface area contributed by atoms with Crippen molar-refractivity contribution in [2.75, 3.05) is 7.11 Å². The molecule has 1 N–H and O–H groups in total. The van der Waals surface area contributed by atoms with E-state index in [1.54, 1.807) is 12.1 Å². The Kier molecular flexibility index (Phi) is 6.06. The van der Waals surface area contributed by atoms with Crippen molar-refractivity contribution in [3.8, 4) is 11.5 Å². The molecule has 0 heterocycles. The molecule has 0 saturated heterocycles. The third kappa shape index (κ3) is 4.64. The van der Waals surface area contributed by atoms with Crippen molar-refractivity contribution in [2.24, 2.45) is 0 Å². The van der Waals surface area contributed by atoms with Crippen molar-refractivity contribution in [3.05, 3.63) is 65.2 Å². The van der Waals surface area contributed by atoms with E-state index in [1.807, 2.05) is 18.2 Å². The van der Waals surface area contributed by atoms with E-state index in [-0.39, 0.29) is 23.4 Å². The van der Waals surface area contributed by atoms with Gasteiger partial charge in [0.1, 0.15) is 0 Å². The first-order valence-electron chi connectivity index (χ1n) is 8.76. The van der Waals surface area contributed by atoms with Crippen molar-refractivity contribution < 1.29 is 23.0 Å². The first-order chi connectivity index (χ1) is 13.1. The number of nitrogens with one attached hydrogen (secondary N) is 1. The molecule has 0 radical (unpaired) electrons. The molecule has 142 valence electrons. The zero-order valence-electron chi connectivity index (χ0n) is 15.0. The molecule has 1 aliphatic carbocycles. The normalized spacial score (nSPS) is 16.2. The van der Waals surface area contributed by atoms with Gasteiger partial charge in [-0.2, -0.15) is 8.78 Å². The molecule has 0 fully saturated rings. The van der Waals surface area contributed by atoms with E-state index in [4.69, 9.17) is 4.74 Å². The fourth-order valence-corrected chi connectivity index (χ4v) is 3.33. The number of ether oxygens (including phenoxy) is 2. The van der Waals surface area contributed by atoms with Crippen LogP contribution in [0.15, 0.2) is 48.5 Å². The van der Waals surface area contributed by atoms with Gasteiger partial charge in [0.15, 0.2) is 11.5 Å². The van der Waals surface area contributed by atoms with Gasteiger partial charge in [0.05, 0.1) is 13.2 Å². The van der Waals surface area contributed by atoms with Crippen LogP contribution in [0.4, 0.5) is 8.78 Å². The zero-order valence-corrected chi connectivity index (χ0v) is 15.0. The Morgan fingerprint density at radius 2 is 2.04 bits per heavy atom. The highest BCUT2D eigenvalue weighted by atomic mass is 19.3. The Hall–Kier alpha value is -2.89. The minimum atomic E-state index is -2.99. The number of methoxy groups -OCH3 is 1. The van der Waals surface area contributed by atoms with Gasteiger partial charge in [-0.15, -0.1) is 0 Å². The summed E-state index contributed by atoms with van der Waals surface area (Å²) in [5.41, 5.74) is 2.72. The predicted molar refractivity (Wildman–Crippen MR) is 98.9 cm³/mol. The number of para-hydroxylation sites is 1. The van der Waals surface area contributed by atoms with E-state index in [0.29, 0.717) is 5.56 Å². The monoisotopic (exact) mass is 373 g/mol. The number of alkyl halides is 2. The molecule has 0 unspecified atom stereocenters. The van der Waals surface area contributed by atoms with Crippen LogP contribution in [0.3, 0.4) is 0 Å². The van der Waals surface area contributed by atoms with E-state index in [0.717, 1.165) is 24.8 Å². The Balaban J connectivity index is 1.74. The maximum atomic E-state index is 12.7. The molecule has 27 heavy (non-hydrogen) atoms. The zero-order chi connectivity index (χ0) is 19.2. The predicted octanol–water partition coefficient (Wildman–Crippen LogP) is 4.50. The minimum Gasteiger partial charge on any atom is -0.493 e. The molecule has 1 atom stereocenters. The summed E-state index contributed by atoms with van der Waals surface area (Å²) in [7, 11) is 1.37. The topological polar surface area (TPSA) is 47.6 Å². The standard InChI is InChI=1S/C21H21F2NO3/c1-26-18-11-5-8-15(20(18)27-21(22)23)12-13-19(25)24-17-10-4-7-14-6-2-3-9-16(14)17/h2-3,5-6,8-9,11-13,17,21H,4,7,10H2,1H3,(H,24,25)/b13-12+/t17-/m1/s1. The van der Waals surface area contributed by atoms with E-state index in [1.165, 1.54) is 30.9 Å². The summed E-state index contributed by atoms with van der Waals surface area (Å²) in [5.74, 6) is -0.205. The highest BCUT2D eigenvalue weighted by Gasteiger charge is 2.20. The van der Waals surface area contributed by atoms with Crippen LogP contribution in [-0.2, 0) is 11.2 Å². The molecule has 0 spiro atoms.